The van der Waals surface area contributed by atoms with Gasteiger partial charge < -0.3 is 5.11 Å². The molecule has 1 N–H and O–H groups in total. The van der Waals surface area contributed by atoms with Crippen LogP contribution in [-0.4, -0.2) is 20.9 Å². The molecule has 0 amide bonds. The van der Waals surface area contributed by atoms with Crippen LogP contribution < -0.4 is 0 Å². The lowest BCUT2D eigenvalue weighted by molar-refractivity contribution is -0.148. The van der Waals surface area contributed by atoms with Gasteiger partial charge in [-0.15, -0.1) is 0 Å². The number of nitrogens with zero attached hydrogens (tertiary/aromatic N) is 2. The Morgan fingerprint density at radius 1 is 1.44 bits per heavy atom. The lowest BCUT2D eigenvalue weighted by atomic mass is 9.82. The molecule has 4 heteroatoms. The quantitative estimate of drug-likeness (QED) is 0.902. The van der Waals surface area contributed by atoms with Crippen molar-refractivity contribution in [1.29, 1.82) is 0 Å². The van der Waals surface area contributed by atoms with Crippen LogP contribution in [-0.2, 0) is 18.3 Å². The van der Waals surface area contributed by atoms with Gasteiger partial charge >= 0.3 is 5.97 Å². The molecule has 0 fully saturated rings. The van der Waals surface area contributed by atoms with E-state index in [0.29, 0.717) is 12.8 Å². The molecule has 96 valence electrons. The van der Waals surface area contributed by atoms with Gasteiger partial charge in [0.1, 0.15) is 0 Å². The van der Waals surface area contributed by atoms with Gasteiger partial charge in [0.15, 0.2) is 0 Å². The van der Waals surface area contributed by atoms with Crippen LogP contribution in [0, 0.1) is 5.41 Å². The molecule has 2 aromatic rings. The number of aromatic nitrogens is 2. The lowest BCUT2D eigenvalue weighted by Gasteiger charge is -2.21. The van der Waals surface area contributed by atoms with E-state index in [0.717, 1.165) is 16.6 Å². The molecular formula is C14H18N2O2. The Balaban J connectivity index is 2.47. The lowest BCUT2D eigenvalue weighted by Crippen LogP contribution is -2.29. The van der Waals surface area contributed by atoms with Crippen LogP contribution >= 0.6 is 0 Å². The summed E-state index contributed by atoms with van der Waals surface area (Å²) in [5.74, 6) is -0.764. The highest BCUT2D eigenvalue weighted by Crippen LogP contribution is 2.29. The molecule has 0 saturated carbocycles. The molecule has 0 spiro atoms. The number of hydrogen-bond acceptors (Lipinski definition) is 2. The molecular weight excluding hydrogens is 228 g/mol. The maximum atomic E-state index is 11.4. The second kappa shape index (κ2) is 4.44. The summed E-state index contributed by atoms with van der Waals surface area (Å²) in [4.78, 5) is 11.4. The summed E-state index contributed by atoms with van der Waals surface area (Å²) < 4.78 is 1.81. The number of hydrogen-bond donors (Lipinski definition) is 1. The number of aryl methyl sites for hydroxylation is 1. The number of benzene rings is 1. The molecule has 0 radical (unpaired) electrons. The molecule has 0 bridgehead atoms. The van der Waals surface area contributed by atoms with E-state index < -0.39 is 11.4 Å². The second-order valence-corrected chi connectivity index (χ2v) is 4.98. The first-order valence-corrected chi connectivity index (χ1v) is 6.12. The maximum absolute atomic E-state index is 11.4. The predicted molar refractivity (Wildman–Crippen MR) is 70.5 cm³/mol. The number of rotatable bonds is 4. The van der Waals surface area contributed by atoms with E-state index in [4.69, 9.17) is 0 Å². The molecule has 0 saturated heterocycles. The molecule has 0 aliphatic rings. The van der Waals surface area contributed by atoms with Crippen molar-refractivity contribution in [3.05, 3.63) is 30.0 Å². The molecule has 1 heterocycles. The smallest absolute Gasteiger partial charge is 0.309 e. The first-order valence-electron chi connectivity index (χ1n) is 6.12. The normalized spacial score (nSPS) is 14.6. The Labute approximate surface area is 106 Å². The van der Waals surface area contributed by atoms with Crippen molar-refractivity contribution >= 4 is 16.9 Å². The van der Waals surface area contributed by atoms with Gasteiger partial charge in [0.05, 0.1) is 16.6 Å². The van der Waals surface area contributed by atoms with Crippen molar-refractivity contribution in [3.8, 4) is 0 Å². The van der Waals surface area contributed by atoms with E-state index in [1.807, 2.05) is 42.9 Å². The third-order valence-corrected chi connectivity index (χ3v) is 3.69. The maximum Gasteiger partial charge on any atom is 0.309 e. The number of carboxylic acid groups (broad SMARTS) is 1. The van der Waals surface area contributed by atoms with Crippen LogP contribution in [0.2, 0.25) is 0 Å². The molecule has 1 unspecified atom stereocenters. The van der Waals surface area contributed by atoms with Crippen molar-refractivity contribution in [2.24, 2.45) is 12.5 Å². The molecule has 0 aliphatic heterocycles. The molecule has 2 rings (SSSR count). The fourth-order valence-electron chi connectivity index (χ4n) is 2.14. The first kappa shape index (κ1) is 12.6. The molecule has 1 aromatic heterocycles. The third kappa shape index (κ3) is 1.98. The van der Waals surface area contributed by atoms with Gasteiger partial charge in [-0.2, -0.15) is 5.10 Å². The summed E-state index contributed by atoms with van der Waals surface area (Å²) in [6.45, 7) is 3.68. The Bertz CT molecular complexity index is 588. The van der Waals surface area contributed by atoms with Gasteiger partial charge in [0.2, 0.25) is 0 Å². The van der Waals surface area contributed by atoms with Gasteiger partial charge in [0.25, 0.3) is 0 Å². The summed E-state index contributed by atoms with van der Waals surface area (Å²) in [6, 6.07) is 7.91. The van der Waals surface area contributed by atoms with Gasteiger partial charge in [-0.05, 0) is 19.4 Å². The van der Waals surface area contributed by atoms with Crippen molar-refractivity contribution in [1.82, 2.24) is 9.78 Å². The van der Waals surface area contributed by atoms with Crippen LogP contribution in [0.1, 0.15) is 26.0 Å². The second-order valence-electron chi connectivity index (χ2n) is 4.98. The zero-order valence-corrected chi connectivity index (χ0v) is 11.0. The SMILES string of the molecule is CCC(C)(Cc1nn(C)c2ccccc12)C(=O)O. The fraction of sp³-hybridized carbons (Fsp3) is 0.429. The zero-order valence-electron chi connectivity index (χ0n) is 11.0. The molecule has 4 nitrogen and oxygen atoms in total. The highest BCUT2D eigenvalue weighted by molar-refractivity contribution is 5.83. The monoisotopic (exact) mass is 246 g/mol. The van der Waals surface area contributed by atoms with Crippen molar-refractivity contribution in [2.45, 2.75) is 26.7 Å². The van der Waals surface area contributed by atoms with Gasteiger partial charge in [-0.25, -0.2) is 0 Å². The first-order chi connectivity index (χ1) is 8.48. The van der Waals surface area contributed by atoms with Gasteiger partial charge in [-0.3, -0.25) is 9.48 Å². The van der Waals surface area contributed by atoms with Crippen molar-refractivity contribution in [3.63, 3.8) is 0 Å². The topological polar surface area (TPSA) is 55.1 Å². The third-order valence-electron chi connectivity index (χ3n) is 3.69. The highest BCUT2D eigenvalue weighted by atomic mass is 16.4. The van der Waals surface area contributed by atoms with E-state index in [1.165, 1.54) is 0 Å². The molecule has 1 aromatic carbocycles. The van der Waals surface area contributed by atoms with Crippen LogP contribution in [0.15, 0.2) is 24.3 Å². The van der Waals surface area contributed by atoms with Crippen molar-refractivity contribution < 1.29 is 9.90 Å². The Morgan fingerprint density at radius 3 is 2.72 bits per heavy atom. The van der Waals surface area contributed by atoms with E-state index in [1.54, 1.807) is 6.92 Å². The van der Waals surface area contributed by atoms with Crippen LogP contribution in [0.25, 0.3) is 10.9 Å². The minimum atomic E-state index is -0.764. The molecule has 0 aliphatic carbocycles. The van der Waals surface area contributed by atoms with Gasteiger partial charge in [-0.1, -0.05) is 25.1 Å². The number of carboxylic acids is 1. The molecule has 1 atom stereocenters. The van der Waals surface area contributed by atoms with Gasteiger partial charge in [0, 0.05) is 18.9 Å². The summed E-state index contributed by atoms with van der Waals surface area (Å²) in [5.41, 5.74) is 1.15. The largest absolute Gasteiger partial charge is 0.481 e. The summed E-state index contributed by atoms with van der Waals surface area (Å²) >= 11 is 0. The highest BCUT2D eigenvalue weighted by Gasteiger charge is 2.32. The van der Waals surface area contributed by atoms with Crippen LogP contribution in [0.4, 0.5) is 0 Å². The van der Waals surface area contributed by atoms with E-state index >= 15 is 0 Å². The van der Waals surface area contributed by atoms with E-state index in [2.05, 4.69) is 5.10 Å². The average molecular weight is 246 g/mol. The van der Waals surface area contributed by atoms with Crippen molar-refractivity contribution in [2.75, 3.05) is 0 Å². The number of aliphatic carboxylic acids is 1. The number of carbonyl (C=O) groups is 1. The Hall–Kier alpha value is -1.84. The minimum absolute atomic E-state index is 0.459. The number of fused-ring (bicyclic) bond motifs is 1. The van der Waals surface area contributed by atoms with Crippen LogP contribution in [0.3, 0.4) is 0 Å². The number of para-hydroxylation sites is 1. The summed E-state index contributed by atoms with van der Waals surface area (Å²) in [5, 5.41) is 14.8. The average Bonchev–Trinajstić information content (AvgIpc) is 2.66. The summed E-state index contributed by atoms with van der Waals surface area (Å²) in [6.07, 6.45) is 1.05. The predicted octanol–water partition coefficient (Wildman–Crippen LogP) is 2.62. The minimum Gasteiger partial charge on any atom is -0.481 e. The van der Waals surface area contributed by atoms with Crippen LogP contribution in [0.5, 0.6) is 0 Å². The molecule has 18 heavy (non-hydrogen) atoms. The zero-order chi connectivity index (χ0) is 13.3. The van der Waals surface area contributed by atoms with E-state index in [-0.39, 0.29) is 0 Å². The fourth-order valence-corrected chi connectivity index (χ4v) is 2.14. The Morgan fingerprint density at radius 2 is 2.11 bits per heavy atom. The Kier molecular flexibility index (Phi) is 3.11. The standard InChI is InChI=1S/C14H18N2O2/c1-4-14(2,13(17)18)9-11-10-7-5-6-8-12(10)16(3)15-11/h5-8H,4,9H2,1-3H3,(H,17,18). The summed E-state index contributed by atoms with van der Waals surface area (Å²) in [7, 11) is 1.88. The van der Waals surface area contributed by atoms with E-state index in [9.17, 15) is 9.90 Å².